The van der Waals surface area contributed by atoms with Crippen LogP contribution in [0.5, 0.6) is 0 Å². The van der Waals surface area contributed by atoms with E-state index in [1.807, 2.05) is 0 Å². The number of Topliss-reactive ketones (excluding diaryl/α,β-unsaturated/α-hetero) is 1. The number of allylic oxidation sites excluding steroid dienone is 1. The monoisotopic (exact) mass is 176 g/mol. The van der Waals surface area contributed by atoms with Gasteiger partial charge in [0.1, 0.15) is 0 Å². The minimum atomic E-state index is 0.390. The highest BCUT2D eigenvalue weighted by Crippen LogP contribution is 2.64. The molecule has 70 valence electrons. The maximum absolute atomic E-state index is 11.8. The number of hydrogen-bond donors (Lipinski definition) is 0. The molecule has 1 nitrogen and oxygen atoms in total. The van der Waals surface area contributed by atoms with Gasteiger partial charge in [0.25, 0.3) is 0 Å². The Bertz CT molecular complexity index is 291. The van der Waals surface area contributed by atoms with Gasteiger partial charge in [0.2, 0.25) is 0 Å². The molecule has 0 unspecified atom stereocenters. The van der Waals surface area contributed by atoms with Gasteiger partial charge in [-0.25, -0.2) is 0 Å². The van der Waals surface area contributed by atoms with E-state index >= 15 is 0 Å². The molecule has 0 N–H and O–H groups in total. The van der Waals surface area contributed by atoms with Gasteiger partial charge in [0, 0.05) is 5.92 Å². The fourth-order valence-electron chi connectivity index (χ4n) is 3.96. The summed E-state index contributed by atoms with van der Waals surface area (Å²) >= 11 is 0. The van der Waals surface area contributed by atoms with Gasteiger partial charge < -0.3 is 0 Å². The summed E-state index contributed by atoms with van der Waals surface area (Å²) in [5.74, 6) is 1.61. The van der Waals surface area contributed by atoms with E-state index in [0.29, 0.717) is 17.1 Å². The summed E-state index contributed by atoms with van der Waals surface area (Å²) < 4.78 is 0. The van der Waals surface area contributed by atoms with Gasteiger partial charge >= 0.3 is 0 Å². The third kappa shape index (κ3) is 0.762. The maximum atomic E-state index is 11.8. The predicted molar refractivity (Wildman–Crippen MR) is 51.3 cm³/mol. The molecule has 13 heavy (non-hydrogen) atoms. The predicted octanol–water partition coefficient (Wildman–Crippen LogP) is 2.71. The van der Waals surface area contributed by atoms with Gasteiger partial charge in [-0.2, -0.15) is 0 Å². The molecular formula is C12H16O. The quantitative estimate of drug-likeness (QED) is 0.519. The van der Waals surface area contributed by atoms with Gasteiger partial charge in [-0.15, -0.1) is 0 Å². The smallest absolute Gasteiger partial charge is 0.161 e. The zero-order chi connectivity index (χ0) is 9.05. The number of hydrogen-bond acceptors (Lipinski definition) is 1. The van der Waals surface area contributed by atoms with Crippen molar-refractivity contribution in [3.63, 3.8) is 0 Å². The average Bonchev–Trinajstić information content (AvgIpc) is 2.46. The Morgan fingerprint density at radius 1 is 1.31 bits per heavy atom. The summed E-state index contributed by atoms with van der Waals surface area (Å²) in [5, 5.41) is 0. The lowest BCUT2D eigenvalue weighted by Gasteiger charge is -2.54. The fraction of sp³-hybridized carbons (Fsp3) is 0.750. The highest BCUT2D eigenvalue weighted by atomic mass is 16.1. The lowest BCUT2D eigenvalue weighted by Crippen LogP contribution is -2.51. The average molecular weight is 176 g/mol. The molecule has 0 amide bonds. The second-order valence-corrected chi connectivity index (χ2v) is 5.09. The van der Waals surface area contributed by atoms with Gasteiger partial charge in [0.15, 0.2) is 5.78 Å². The third-order valence-electron chi connectivity index (χ3n) is 4.76. The van der Waals surface area contributed by atoms with E-state index in [0.717, 1.165) is 24.3 Å². The van der Waals surface area contributed by atoms with Crippen molar-refractivity contribution in [3.8, 4) is 0 Å². The summed E-state index contributed by atoms with van der Waals surface area (Å²) in [6, 6.07) is 0. The Morgan fingerprint density at radius 2 is 2.15 bits per heavy atom. The topological polar surface area (TPSA) is 17.1 Å². The van der Waals surface area contributed by atoms with Crippen LogP contribution in [0.15, 0.2) is 12.2 Å². The van der Waals surface area contributed by atoms with Crippen LogP contribution < -0.4 is 0 Å². The third-order valence-corrected chi connectivity index (χ3v) is 4.76. The fourth-order valence-corrected chi connectivity index (χ4v) is 3.96. The number of ketones is 1. The Labute approximate surface area is 79.2 Å². The highest BCUT2D eigenvalue weighted by molar-refractivity contribution is 5.98. The van der Waals surface area contributed by atoms with E-state index in [9.17, 15) is 4.79 Å². The van der Waals surface area contributed by atoms with Crippen molar-refractivity contribution in [1.29, 1.82) is 0 Å². The summed E-state index contributed by atoms with van der Waals surface area (Å²) in [5.41, 5.74) is 1.39. The van der Waals surface area contributed by atoms with Crippen LogP contribution in [0.2, 0.25) is 0 Å². The van der Waals surface area contributed by atoms with Gasteiger partial charge in [0.05, 0.1) is 0 Å². The zero-order valence-corrected chi connectivity index (χ0v) is 8.01. The van der Waals surface area contributed by atoms with Gasteiger partial charge in [-0.05, 0) is 49.0 Å². The first-order valence-corrected chi connectivity index (χ1v) is 5.46. The molecule has 0 heterocycles. The summed E-state index contributed by atoms with van der Waals surface area (Å²) in [7, 11) is 0. The van der Waals surface area contributed by atoms with E-state index in [-0.39, 0.29) is 0 Å². The van der Waals surface area contributed by atoms with Crippen molar-refractivity contribution in [1.82, 2.24) is 0 Å². The van der Waals surface area contributed by atoms with Gasteiger partial charge in [-0.1, -0.05) is 13.0 Å². The lowest BCUT2D eigenvalue weighted by atomic mass is 9.49. The first kappa shape index (κ1) is 7.78. The van der Waals surface area contributed by atoms with Crippen LogP contribution in [-0.4, -0.2) is 5.78 Å². The number of rotatable bonds is 0. The van der Waals surface area contributed by atoms with Crippen LogP contribution >= 0.6 is 0 Å². The van der Waals surface area contributed by atoms with Crippen LogP contribution in [-0.2, 0) is 4.79 Å². The van der Waals surface area contributed by atoms with Gasteiger partial charge in [-0.3, -0.25) is 4.79 Å². The minimum absolute atomic E-state index is 0.390. The van der Waals surface area contributed by atoms with E-state index in [4.69, 9.17) is 0 Å². The standard InChI is InChI=1S/C12H16O/c1-8-7-9-3-2-5-12(9)6-4-10(12)11(8)13/h9-10H,1-7H2/t9-,10+,12-/m1/s1. The molecule has 3 aliphatic carbocycles. The molecule has 0 aliphatic heterocycles. The van der Waals surface area contributed by atoms with Crippen molar-refractivity contribution in [2.45, 2.75) is 38.5 Å². The van der Waals surface area contributed by atoms with Crippen molar-refractivity contribution >= 4 is 5.78 Å². The molecule has 3 atom stereocenters. The molecule has 0 aromatic rings. The van der Waals surface area contributed by atoms with Crippen LogP contribution in [0, 0.1) is 17.3 Å². The molecule has 0 bridgehead atoms. The maximum Gasteiger partial charge on any atom is 0.161 e. The van der Waals surface area contributed by atoms with Crippen molar-refractivity contribution in [2.75, 3.05) is 0 Å². The largest absolute Gasteiger partial charge is 0.294 e. The molecule has 1 spiro atoms. The first-order chi connectivity index (χ1) is 6.24. The van der Waals surface area contributed by atoms with Crippen LogP contribution in [0.25, 0.3) is 0 Å². The summed E-state index contributed by atoms with van der Waals surface area (Å²) in [6.45, 7) is 3.92. The Morgan fingerprint density at radius 3 is 2.85 bits per heavy atom. The molecule has 0 saturated heterocycles. The second kappa shape index (κ2) is 2.26. The summed E-state index contributed by atoms with van der Waals surface area (Å²) in [4.78, 5) is 11.8. The SMILES string of the molecule is C=C1C[C@H]2CCC[C@@]23CC[C@H]3C1=O. The number of carbonyl (C=O) groups excluding carboxylic acids is 1. The normalized spacial score (nSPS) is 48.3. The van der Waals surface area contributed by atoms with Crippen molar-refractivity contribution < 1.29 is 4.79 Å². The lowest BCUT2D eigenvalue weighted by molar-refractivity contribution is -0.137. The van der Waals surface area contributed by atoms with E-state index < -0.39 is 0 Å². The van der Waals surface area contributed by atoms with E-state index in [1.54, 1.807) is 0 Å². The molecule has 0 radical (unpaired) electrons. The molecule has 3 saturated carbocycles. The molecule has 3 rings (SSSR count). The van der Waals surface area contributed by atoms with E-state index in [2.05, 4.69) is 6.58 Å². The molecule has 0 aromatic heterocycles. The van der Waals surface area contributed by atoms with Crippen LogP contribution in [0.4, 0.5) is 0 Å². The summed E-state index contributed by atoms with van der Waals surface area (Å²) in [6.07, 6.45) is 7.50. The Kier molecular flexibility index (Phi) is 1.35. The molecule has 3 aliphatic rings. The van der Waals surface area contributed by atoms with Crippen LogP contribution in [0.3, 0.4) is 0 Å². The van der Waals surface area contributed by atoms with E-state index in [1.165, 1.54) is 25.7 Å². The van der Waals surface area contributed by atoms with Crippen LogP contribution in [0.1, 0.15) is 38.5 Å². The molecule has 0 aromatic carbocycles. The second-order valence-electron chi connectivity index (χ2n) is 5.09. The Balaban J connectivity index is 1.99. The highest BCUT2D eigenvalue weighted by Gasteiger charge is 2.59. The molecular weight excluding hydrogens is 160 g/mol. The first-order valence-electron chi connectivity index (χ1n) is 5.46. The Hall–Kier alpha value is -0.590. The zero-order valence-electron chi connectivity index (χ0n) is 8.01. The number of carbonyl (C=O) groups is 1. The molecule has 1 heteroatoms. The van der Waals surface area contributed by atoms with Crippen molar-refractivity contribution in [2.24, 2.45) is 17.3 Å². The van der Waals surface area contributed by atoms with Crippen molar-refractivity contribution in [3.05, 3.63) is 12.2 Å². The minimum Gasteiger partial charge on any atom is -0.294 e. The molecule has 3 fully saturated rings.